The van der Waals surface area contributed by atoms with Gasteiger partial charge in [0, 0.05) is 72.2 Å². The van der Waals surface area contributed by atoms with Crippen LogP contribution in [0.25, 0.3) is 21.6 Å². The number of hydrogen-bond acceptors (Lipinski definition) is 13. The van der Waals surface area contributed by atoms with Gasteiger partial charge in [0.15, 0.2) is 0 Å². The van der Waals surface area contributed by atoms with Crippen molar-refractivity contribution < 1.29 is 37.1 Å². The molecule has 2 saturated carbocycles. The third-order valence-electron chi connectivity index (χ3n) is 14.0. The fourth-order valence-corrected chi connectivity index (χ4v) is 11.3. The van der Waals surface area contributed by atoms with E-state index in [2.05, 4.69) is 40.7 Å². The number of thiazole rings is 1. The van der Waals surface area contributed by atoms with E-state index in [1.54, 1.807) is 32.2 Å². The Balaban J connectivity index is 1.13. The zero-order valence-electron chi connectivity index (χ0n) is 40.5. The number of aromatic nitrogens is 2. The monoisotopic (exact) mass is 968 g/mol. The number of amides is 4. The molecule has 364 valence electrons. The summed E-state index contributed by atoms with van der Waals surface area (Å²) in [6, 6.07) is 10.6. The average molecular weight is 969 g/mol. The molecule has 68 heavy (non-hydrogen) atoms. The second-order valence-corrected chi connectivity index (χ2v) is 23.6. The molecule has 4 aliphatic rings. The summed E-state index contributed by atoms with van der Waals surface area (Å²) in [5.41, 5.74) is 1.73. The SMILES string of the molecule is C=C[C@@H]1C[C@]1(NC(=O)[C@@H]1C[C@@H](Oc2cc(-c3nc(C(C)C)cs3)nc3c(C)c(OC)ccc23)CN1C(=O)[C@@H](Nc1cccc(C(=O)N2CCN(C)CC2)c1)C(C)(C)C)C(=O)NS(=O)(=O)C1(C)CC1. The van der Waals surface area contributed by atoms with Crippen LogP contribution in [0, 0.1) is 18.3 Å². The van der Waals surface area contributed by atoms with E-state index in [1.807, 2.05) is 69.3 Å². The van der Waals surface area contributed by atoms with Gasteiger partial charge in [0.25, 0.3) is 11.8 Å². The number of nitrogens with one attached hydrogen (secondary N) is 3. The molecule has 16 nitrogen and oxygen atoms in total. The van der Waals surface area contributed by atoms with Crippen molar-refractivity contribution in [3.05, 3.63) is 77.3 Å². The van der Waals surface area contributed by atoms with E-state index in [1.165, 1.54) is 22.3 Å². The molecule has 0 spiro atoms. The first-order valence-electron chi connectivity index (χ1n) is 23.3. The number of likely N-dealkylation sites (N-methyl/N-ethyl adjacent to an activating group) is 1. The van der Waals surface area contributed by atoms with Crippen LogP contribution in [0.5, 0.6) is 11.5 Å². The van der Waals surface area contributed by atoms with Gasteiger partial charge >= 0.3 is 0 Å². The molecule has 18 heteroatoms. The molecule has 0 bridgehead atoms. The van der Waals surface area contributed by atoms with E-state index in [4.69, 9.17) is 19.4 Å². The molecule has 4 aromatic rings. The number of pyridine rings is 1. The molecule has 0 unspecified atom stereocenters. The molecule has 2 aromatic carbocycles. The summed E-state index contributed by atoms with van der Waals surface area (Å²) in [6.45, 7) is 20.1. The normalized spacial score (nSPS) is 22.9. The second-order valence-electron chi connectivity index (χ2n) is 20.5. The second kappa shape index (κ2) is 18.4. The summed E-state index contributed by atoms with van der Waals surface area (Å²) in [7, 11) is -0.400. The molecule has 4 amide bonds. The minimum Gasteiger partial charge on any atom is -0.496 e. The molecule has 5 atom stereocenters. The van der Waals surface area contributed by atoms with Crippen molar-refractivity contribution in [3.8, 4) is 22.2 Å². The number of hydrogen-bond donors (Lipinski definition) is 3. The number of carbonyl (C=O) groups excluding carboxylic acids is 4. The van der Waals surface area contributed by atoms with E-state index in [-0.39, 0.29) is 31.2 Å². The number of carbonyl (C=O) groups is 4. The molecule has 3 N–H and O–H groups in total. The van der Waals surface area contributed by atoms with Gasteiger partial charge in [-0.3, -0.25) is 23.9 Å². The minimum absolute atomic E-state index is 0.00698. The molecule has 2 aromatic heterocycles. The highest BCUT2D eigenvalue weighted by molar-refractivity contribution is 7.91. The Morgan fingerprint density at radius 2 is 1.74 bits per heavy atom. The van der Waals surface area contributed by atoms with E-state index in [9.17, 15) is 22.8 Å². The van der Waals surface area contributed by atoms with Gasteiger partial charge in [0.2, 0.25) is 21.8 Å². The third-order valence-corrected chi connectivity index (χ3v) is 17.1. The van der Waals surface area contributed by atoms with Crippen LogP contribution in [0.2, 0.25) is 0 Å². The van der Waals surface area contributed by atoms with Crippen LogP contribution in [0.1, 0.15) is 94.8 Å². The third kappa shape index (κ3) is 9.55. The first kappa shape index (κ1) is 48.9. The predicted molar refractivity (Wildman–Crippen MR) is 263 cm³/mol. The molecule has 0 radical (unpaired) electrons. The van der Waals surface area contributed by atoms with Gasteiger partial charge < -0.3 is 34.8 Å². The van der Waals surface area contributed by atoms with Crippen LogP contribution in [-0.2, 0) is 24.4 Å². The smallest absolute Gasteiger partial charge is 0.259 e. The van der Waals surface area contributed by atoms with Gasteiger partial charge in [-0.1, -0.05) is 46.8 Å². The van der Waals surface area contributed by atoms with Gasteiger partial charge in [-0.05, 0) is 81.8 Å². The van der Waals surface area contributed by atoms with Crippen LogP contribution in [0.4, 0.5) is 5.69 Å². The lowest BCUT2D eigenvalue weighted by Gasteiger charge is -2.36. The zero-order valence-corrected chi connectivity index (χ0v) is 42.1. The molecule has 2 saturated heterocycles. The van der Waals surface area contributed by atoms with Crippen LogP contribution >= 0.6 is 11.3 Å². The number of sulfonamides is 1. The topological polar surface area (TPSA) is 192 Å². The molecule has 8 rings (SSSR count). The van der Waals surface area contributed by atoms with Crippen molar-refractivity contribution in [1.29, 1.82) is 0 Å². The maximum absolute atomic E-state index is 15.3. The van der Waals surface area contributed by atoms with Crippen LogP contribution in [-0.4, -0.2) is 132 Å². The van der Waals surface area contributed by atoms with Crippen molar-refractivity contribution in [2.45, 2.75) is 109 Å². The number of piperazine rings is 1. The van der Waals surface area contributed by atoms with Crippen LogP contribution in [0.15, 0.2) is 60.5 Å². The summed E-state index contributed by atoms with van der Waals surface area (Å²) in [5, 5.41) is 9.77. The molecule has 2 aliphatic carbocycles. The number of methoxy groups -OCH3 is 1. The molecular weight excluding hydrogens is 905 g/mol. The molecular formula is C50H64N8O8S2. The van der Waals surface area contributed by atoms with Crippen molar-refractivity contribution >= 4 is 61.6 Å². The first-order valence-corrected chi connectivity index (χ1v) is 25.7. The number of benzene rings is 2. The van der Waals surface area contributed by atoms with E-state index in [0.29, 0.717) is 70.3 Å². The molecule has 2 aliphatic heterocycles. The van der Waals surface area contributed by atoms with Crippen LogP contribution in [0.3, 0.4) is 0 Å². The lowest BCUT2D eigenvalue weighted by molar-refractivity contribution is -0.141. The Morgan fingerprint density at radius 1 is 1.01 bits per heavy atom. The Hall–Kier alpha value is -5.59. The Morgan fingerprint density at radius 3 is 2.35 bits per heavy atom. The molecule has 4 heterocycles. The fraction of sp³-hybridized carbons (Fsp3) is 0.520. The fourth-order valence-electron chi connectivity index (χ4n) is 9.06. The number of ether oxygens (including phenoxy) is 2. The van der Waals surface area contributed by atoms with Gasteiger partial charge in [-0.15, -0.1) is 17.9 Å². The minimum atomic E-state index is -4.03. The standard InChI is InChI=1S/C50H64N8O8S2/c1-11-32-26-50(32,47(62)55-68(63,64)49(8)17-18-49)54-43(59)38-24-34(66-40-25-36(44-53-37(28-67-44)29(2)3)52-41-30(4)39(65-10)16-15-35(40)41)27-58(38)46(61)42(48(5,6)7)51-33-14-12-13-31(23-33)45(60)57-21-19-56(9)20-22-57/h11-16,23,25,28-29,32,34,38,42,51H,1,17-22,24,26-27H2,2-10H3,(H,54,59)(H,55,62)/t32-,34-,38+,42-,50-/m1/s1. The predicted octanol–water partition coefficient (Wildman–Crippen LogP) is 6.12. The number of nitrogens with zero attached hydrogens (tertiary/aromatic N) is 5. The van der Waals surface area contributed by atoms with E-state index in [0.717, 1.165) is 24.3 Å². The van der Waals surface area contributed by atoms with Crippen molar-refractivity contribution in [2.24, 2.45) is 11.3 Å². The van der Waals surface area contributed by atoms with Gasteiger partial charge in [0.05, 0.1) is 29.6 Å². The average Bonchev–Trinajstić information content (AvgIpc) is 4.08. The van der Waals surface area contributed by atoms with Crippen molar-refractivity contribution in [2.75, 3.05) is 52.2 Å². The van der Waals surface area contributed by atoms with Crippen molar-refractivity contribution in [3.63, 3.8) is 0 Å². The number of likely N-dealkylation sites (tertiary alicyclic amines) is 1. The summed E-state index contributed by atoms with van der Waals surface area (Å²) >= 11 is 1.48. The summed E-state index contributed by atoms with van der Waals surface area (Å²) in [6.07, 6.45) is 1.83. The number of rotatable bonds is 15. The van der Waals surface area contributed by atoms with Crippen LogP contribution < -0.4 is 24.8 Å². The number of fused-ring (bicyclic) bond motifs is 1. The Kier molecular flexibility index (Phi) is 13.2. The maximum atomic E-state index is 15.3. The Labute approximate surface area is 403 Å². The van der Waals surface area contributed by atoms with Crippen molar-refractivity contribution in [1.82, 2.24) is 34.7 Å². The number of aryl methyl sites for hydroxylation is 1. The summed E-state index contributed by atoms with van der Waals surface area (Å²) < 4.78 is 40.3. The lowest BCUT2D eigenvalue weighted by Crippen LogP contribution is -2.59. The Bertz CT molecular complexity index is 2760. The van der Waals surface area contributed by atoms with Gasteiger partial charge in [-0.25, -0.2) is 18.4 Å². The highest BCUT2D eigenvalue weighted by Gasteiger charge is 2.63. The highest BCUT2D eigenvalue weighted by Crippen LogP contribution is 2.47. The number of anilines is 1. The summed E-state index contributed by atoms with van der Waals surface area (Å²) in [5.74, 6) is -1.17. The summed E-state index contributed by atoms with van der Waals surface area (Å²) in [4.78, 5) is 73.2. The van der Waals surface area contributed by atoms with E-state index < -0.39 is 67.6 Å². The largest absolute Gasteiger partial charge is 0.496 e. The maximum Gasteiger partial charge on any atom is 0.259 e. The molecule has 4 fully saturated rings. The highest BCUT2D eigenvalue weighted by atomic mass is 32.2. The van der Waals surface area contributed by atoms with Gasteiger partial charge in [-0.2, -0.15) is 0 Å². The first-order chi connectivity index (χ1) is 32.1. The quantitative estimate of drug-likeness (QED) is 0.116. The lowest BCUT2D eigenvalue weighted by atomic mass is 9.85. The zero-order chi connectivity index (χ0) is 49.1. The van der Waals surface area contributed by atoms with Gasteiger partial charge in [0.1, 0.15) is 45.9 Å². The van der Waals surface area contributed by atoms with E-state index >= 15 is 4.79 Å².